The minimum Gasteiger partial charge on any atom is -0.445 e. The molecule has 0 unspecified atom stereocenters. The largest absolute Gasteiger partial charge is 0.445 e. The molecule has 1 aliphatic rings. The topological polar surface area (TPSA) is 147 Å². The summed E-state index contributed by atoms with van der Waals surface area (Å²) in [5, 5.41) is 34.2. The van der Waals surface area contributed by atoms with Gasteiger partial charge in [-0.15, -0.1) is 0 Å². The van der Waals surface area contributed by atoms with Crippen molar-refractivity contribution in [3.8, 4) is 0 Å². The van der Waals surface area contributed by atoms with E-state index in [1.165, 1.54) is 7.11 Å². The maximum Gasteiger partial charge on any atom is 0.407 e. The lowest BCUT2D eigenvalue weighted by Gasteiger charge is -2.41. The van der Waals surface area contributed by atoms with Gasteiger partial charge in [-0.2, -0.15) is 0 Å². The van der Waals surface area contributed by atoms with Gasteiger partial charge >= 0.3 is 6.09 Å². The molecule has 5 atom stereocenters. The highest BCUT2D eigenvalue weighted by Crippen LogP contribution is 2.21. The number of carbonyl (C=O) groups is 2. The molecule has 1 saturated heterocycles. The van der Waals surface area contributed by atoms with Crippen molar-refractivity contribution in [3.05, 3.63) is 35.9 Å². The zero-order valence-corrected chi connectivity index (χ0v) is 14.8. The van der Waals surface area contributed by atoms with E-state index in [1.54, 1.807) is 12.1 Å². The smallest absolute Gasteiger partial charge is 0.407 e. The second-order valence-electron chi connectivity index (χ2n) is 5.95. The minimum absolute atomic E-state index is 0.0549. The van der Waals surface area contributed by atoms with Gasteiger partial charge in [0, 0.05) is 7.11 Å². The SMILES string of the molecule is CO[C@@H]1O[C@@H](CO)[C@@H](O)[C@@H](NC(=O)CNC(=O)OCc2ccccc2)[C@H]1O. The fourth-order valence-electron chi connectivity index (χ4n) is 2.62. The summed E-state index contributed by atoms with van der Waals surface area (Å²) in [4.78, 5) is 23.7. The van der Waals surface area contributed by atoms with Gasteiger partial charge < -0.3 is 40.2 Å². The molecular formula is C17H24N2O8. The number of ether oxygens (including phenoxy) is 3. The van der Waals surface area contributed by atoms with E-state index in [-0.39, 0.29) is 6.61 Å². The molecule has 150 valence electrons. The van der Waals surface area contributed by atoms with Crippen LogP contribution >= 0.6 is 0 Å². The Morgan fingerprint density at radius 3 is 2.52 bits per heavy atom. The van der Waals surface area contributed by atoms with E-state index in [9.17, 15) is 24.9 Å². The summed E-state index contributed by atoms with van der Waals surface area (Å²) >= 11 is 0. The summed E-state index contributed by atoms with van der Waals surface area (Å²) < 4.78 is 15.1. The monoisotopic (exact) mass is 384 g/mol. The summed E-state index contributed by atoms with van der Waals surface area (Å²) in [5.74, 6) is -0.664. The zero-order chi connectivity index (χ0) is 19.8. The highest BCUT2D eigenvalue weighted by atomic mass is 16.7. The first-order chi connectivity index (χ1) is 13.0. The van der Waals surface area contributed by atoms with Gasteiger partial charge in [-0.1, -0.05) is 30.3 Å². The predicted octanol–water partition coefficient (Wildman–Crippen LogP) is -1.52. The molecule has 0 bridgehead atoms. The Kier molecular flexibility index (Phi) is 7.95. The molecule has 0 spiro atoms. The molecule has 1 aromatic rings. The quantitative estimate of drug-likeness (QED) is 0.381. The maximum absolute atomic E-state index is 12.0. The molecule has 1 aromatic carbocycles. The van der Waals surface area contributed by atoms with E-state index in [0.717, 1.165) is 5.56 Å². The van der Waals surface area contributed by atoms with Crippen LogP contribution in [0.4, 0.5) is 4.79 Å². The summed E-state index contributed by atoms with van der Waals surface area (Å²) in [6.07, 6.45) is -5.66. The normalized spacial score (nSPS) is 27.6. The van der Waals surface area contributed by atoms with Gasteiger partial charge in [0.2, 0.25) is 5.91 Å². The lowest BCUT2D eigenvalue weighted by Crippen LogP contribution is -2.65. The van der Waals surface area contributed by atoms with Crippen LogP contribution in [-0.2, 0) is 25.6 Å². The van der Waals surface area contributed by atoms with Crippen LogP contribution in [0.25, 0.3) is 0 Å². The predicted molar refractivity (Wildman–Crippen MR) is 91.3 cm³/mol. The van der Waals surface area contributed by atoms with Crippen LogP contribution in [-0.4, -0.2) is 78.2 Å². The molecule has 1 fully saturated rings. The van der Waals surface area contributed by atoms with Gasteiger partial charge in [0.05, 0.1) is 12.6 Å². The van der Waals surface area contributed by atoms with E-state index in [4.69, 9.17) is 14.2 Å². The standard InChI is InChI=1S/C17H24N2O8/c1-25-16-15(23)13(14(22)11(8-20)27-16)19-12(21)7-18-17(24)26-9-10-5-3-2-4-6-10/h2-6,11,13-16,20,22-23H,7-9H2,1H3,(H,18,24)(H,19,21)/t11-,13+,14+,15+,16+/m0/s1. The summed E-state index contributed by atoms with van der Waals surface area (Å²) in [6.45, 7) is -0.893. The van der Waals surface area contributed by atoms with Crippen molar-refractivity contribution in [2.24, 2.45) is 0 Å². The van der Waals surface area contributed by atoms with Crippen molar-refractivity contribution in [1.29, 1.82) is 0 Å². The lowest BCUT2D eigenvalue weighted by molar-refractivity contribution is -0.271. The molecule has 0 aromatic heterocycles. The van der Waals surface area contributed by atoms with Gasteiger partial charge in [-0.3, -0.25) is 4.79 Å². The third-order valence-electron chi connectivity index (χ3n) is 4.05. The lowest BCUT2D eigenvalue weighted by atomic mass is 9.96. The molecule has 1 aliphatic heterocycles. The first kappa shape index (κ1) is 21.1. The Labute approximate surface area is 156 Å². The number of aliphatic hydroxyl groups excluding tert-OH is 3. The average Bonchev–Trinajstić information content (AvgIpc) is 2.69. The van der Waals surface area contributed by atoms with Crippen molar-refractivity contribution >= 4 is 12.0 Å². The van der Waals surface area contributed by atoms with Crippen LogP contribution in [0, 0.1) is 0 Å². The number of rotatable bonds is 7. The first-order valence-corrected chi connectivity index (χ1v) is 8.35. The maximum atomic E-state index is 12.0. The van der Waals surface area contributed by atoms with Crippen LogP contribution in [0.2, 0.25) is 0 Å². The van der Waals surface area contributed by atoms with E-state index >= 15 is 0 Å². The Hall–Kier alpha value is -2.24. The van der Waals surface area contributed by atoms with Crippen LogP contribution in [0.15, 0.2) is 30.3 Å². The number of hydrogen-bond donors (Lipinski definition) is 5. The fraction of sp³-hybridized carbons (Fsp3) is 0.529. The van der Waals surface area contributed by atoms with Gasteiger partial charge in [0.25, 0.3) is 0 Å². The Balaban J connectivity index is 1.80. The van der Waals surface area contributed by atoms with Gasteiger partial charge in [-0.25, -0.2) is 4.79 Å². The first-order valence-electron chi connectivity index (χ1n) is 8.35. The van der Waals surface area contributed by atoms with Gasteiger partial charge in [-0.05, 0) is 5.56 Å². The minimum atomic E-state index is -1.36. The number of carbonyl (C=O) groups excluding carboxylic acids is 2. The van der Waals surface area contributed by atoms with E-state index in [0.29, 0.717) is 0 Å². The third-order valence-corrected chi connectivity index (χ3v) is 4.05. The number of aliphatic hydroxyl groups is 3. The molecule has 2 rings (SSSR count). The number of methoxy groups -OCH3 is 1. The fourth-order valence-corrected chi connectivity index (χ4v) is 2.62. The zero-order valence-electron chi connectivity index (χ0n) is 14.8. The molecule has 10 heteroatoms. The highest BCUT2D eigenvalue weighted by Gasteiger charge is 2.45. The average molecular weight is 384 g/mol. The van der Waals surface area contributed by atoms with Crippen molar-refractivity contribution in [2.75, 3.05) is 20.3 Å². The van der Waals surface area contributed by atoms with Crippen LogP contribution < -0.4 is 10.6 Å². The van der Waals surface area contributed by atoms with Crippen LogP contribution in [0.3, 0.4) is 0 Å². The Bertz CT molecular complexity index is 598. The second kappa shape index (κ2) is 10.2. The van der Waals surface area contributed by atoms with Crippen molar-refractivity contribution in [2.45, 2.75) is 37.3 Å². The molecule has 10 nitrogen and oxygen atoms in total. The summed E-state index contributed by atoms with van der Waals surface area (Å²) in [6, 6.07) is 7.89. The van der Waals surface area contributed by atoms with Crippen molar-refractivity contribution in [1.82, 2.24) is 10.6 Å². The van der Waals surface area contributed by atoms with E-state index < -0.39 is 55.8 Å². The molecule has 1 heterocycles. The van der Waals surface area contributed by atoms with Crippen molar-refractivity contribution in [3.63, 3.8) is 0 Å². The third kappa shape index (κ3) is 5.88. The van der Waals surface area contributed by atoms with Crippen molar-refractivity contribution < 1.29 is 39.1 Å². The van der Waals surface area contributed by atoms with Crippen LogP contribution in [0.5, 0.6) is 0 Å². The molecule has 27 heavy (non-hydrogen) atoms. The summed E-state index contributed by atoms with van der Waals surface area (Å²) in [7, 11) is 1.28. The second-order valence-corrected chi connectivity index (χ2v) is 5.95. The number of benzene rings is 1. The number of amides is 2. The number of alkyl carbamates (subject to hydrolysis) is 1. The van der Waals surface area contributed by atoms with E-state index in [2.05, 4.69) is 10.6 Å². The van der Waals surface area contributed by atoms with Gasteiger partial charge in [0.15, 0.2) is 6.29 Å². The van der Waals surface area contributed by atoms with Crippen LogP contribution in [0.1, 0.15) is 5.56 Å². The van der Waals surface area contributed by atoms with Gasteiger partial charge in [0.1, 0.15) is 31.5 Å². The highest BCUT2D eigenvalue weighted by molar-refractivity contribution is 5.82. The number of hydrogen-bond acceptors (Lipinski definition) is 8. The molecule has 5 N–H and O–H groups in total. The molecular weight excluding hydrogens is 360 g/mol. The Morgan fingerprint density at radius 1 is 1.19 bits per heavy atom. The molecule has 0 saturated carbocycles. The number of nitrogens with one attached hydrogen (secondary N) is 2. The summed E-state index contributed by atoms with van der Waals surface area (Å²) in [5.41, 5.74) is 0.797. The molecule has 0 aliphatic carbocycles. The molecule has 0 radical (unpaired) electrons. The Morgan fingerprint density at radius 2 is 1.89 bits per heavy atom. The molecule has 2 amide bonds. The van der Waals surface area contributed by atoms with E-state index in [1.807, 2.05) is 18.2 Å².